The first-order valence-corrected chi connectivity index (χ1v) is 6.45. The highest BCUT2D eigenvalue weighted by Gasteiger charge is 2.22. The largest absolute Gasteiger partial charge is 0.398 e. The van der Waals surface area contributed by atoms with E-state index < -0.39 is 11.9 Å². The third-order valence-corrected chi connectivity index (χ3v) is 2.56. The van der Waals surface area contributed by atoms with E-state index in [9.17, 15) is 9.59 Å². The van der Waals surface area contributed by atoms with Crippen molar-refractivity contribution in [2.45, 2.75) is 46.2 Å². The molecular formula is C14H22N4O2. The molecule has 0 aromatic carbocycles. The highest BCUT2D eigenvalue weighted by atomic mass is 16.2. The van der Waals surface area contributed by atoms with Gasteiger partial charge >= 0.3 is 0 Å². The molecule has 1 rings (SSSR count). The number of hydrogen-bond acceptors (Lipinski definition) is 4. The highest BCUT2D eigenvalue weighted by molar-refractivity contribution is 6.01. The number of rotatable bonds is 3. The number of carbonyl (C=O) groups excluding carboxylic acids is 2. The summed E-state index contributed by atoms with van der Waals surface area (Å²) in [6, 6.07) is 0.969. The van der Waals surface area contributed by atoms with Crippen LogP contribution < -0.4 is 16.4 Å². The van der Waals surface area contributed by atoms with Crippen molar-refractivity contribution in [2.75, 3.05) is 5.73 Å². The first-order valence-electron chi connectivity index (χ1n) is 6.45. The Hall–Kier alpha value is -2.11. The van der Waals surface area contributed by atoms with E-state index in [-0.39, 0.29) is 17.0 Å². The van der Waals surface area contributed by atoms with Crippen molar-refractivity contribution in [3.8, 4) is 0 Å². The Balaban J connectivity index is 2.73. The molecular weight excluding hydrogens is 256 g/mol. The Morgan fingerprint density at radius 3 is 2.45 bits per heavy atom. The number of nitrogens with zero attached hydrogens (tertiary/aromatic N) is 1. The van der Waals surface area contributed by atoms with Crippen molar-refractivity contribution in [1.82, 2.24) is 15.6 Å². The van der Waals surface area contributed by atoms with Gasteiger partial charge in [0.1, 0.15) is 6.04 Å². The lowest BCUT2D eigenvalue weighted by Gasteiger charge is -2.23. The Morgan fingerprint density at radius 2 is 1.95 bits per heavy atom. The van der Waals surface area contributed by atoms with Gasteiger partial charge in [0.2, 0.25) is 5.91 Å². The van der Waals surface area contributed by atoms with Gasteiger partial charge in [-0.3, -0.25) is 14.6 Å². The fourth-order valence-corrected chi connectivity index (χ4v) is 1.59. The molecule has 0 aliphatic carbocycles. The van der Waals surface area contributed by atoms with Crippen LogP contribution in [0.2, 0.25) is 0 Å². The lowest BCUT2D eigenvalue weighted by atomic mass is 10.1. The van der Waals surface area contributed by atoms with Gasteiger partial charge in [-0.1, -0.05) is 0 Å². The zero-order valence-electron chi connectivity index (χ0n) is 12.6. The Labute approximate surface area is 119 Å². The highest BCUT2D eigenvalue weighted by Crippen LogP contribution is 2.11. The van der Waals surface area contributed by atoms with Gasteiger partial charge in [-0.2, -0.15) is 0 Å². The fourth-order valence-electron chi connectivity index (χ4n) is 1.59. The number of aromatic nitrogens is 1. The molecule has 0 saturated carbocycles. The standard InChI is InChI=1S/C14H22N4O2/c1-8-6-11(15)10(7-16-8)13(20)17-9(2)12(19)18-14(3,4)5/h6-7,9H,1-5H3,(H2,15,16)(H,17,20)(H,18,19). The van der Waals surface area contributed by atoms with Crippen molar-refractivity contribution in [3.63, 3.8) is 0 Å². The number of aryl methyl sites for hydroxylation is 1. The number of carbonyl (C=O) groups is 2. The molecule has 1 aromatic rings. The Morgan fingerprint density at radius 1 is 1.35 bits per heavy atom. The number of hydrogen-bond donors (Lipinski definition) is 3. The maximum absolute atomic E-state index is 12.0. The van der Waals surface area contributed by atoms with E-state index in [2.05, 4.69) is 15.6 Å². The van der Waals surface area contributed by atoms with E-state index in [1.807, 2.05) is 20.8 Å². The molecule has 1 aromatic heterocycles. The topological polar surface area (TPSA) is 97.1 Å². The second kappa shape index (κ2) is 5.90. The van der Waals surface area contributed by atoms with E-state index in [4.69, 9.17) is 5.73 Å². The van der Waals surface area contributed by atoms with Crippen LogP contribution >= 0.6 is 0 Å². The van der Waals surface area contributed by atoms with Crippen molar-refractivity contribution in [1.29, 1.82) is 0 Å². The summed E-state index contributed by atoms with van der Waals surface area (Å²) in [5, 5.41) is 5.41. The van der Waals surface area contributed by atoms with Crippen molar-refractivity contribution >= 4 is 17.5 Å². The molecule has 1 unspecified atom stereocenters. The average molecular weight is 278 g/mol. The van der Waals surface area contributed by atoms with Crippen molar-refractivity contribution < 1.29 is 9.59 Å². The molecule has 0 fully saturated rings. The molecule has 0 spiro atoms. The summed E-state index contributed by atoms with van der Waals surface area (Å²) in [7, 11) is 0. The van der Waals surface area contributed by atoms with Crippen molar-refractivity contribution in [3.05, 3.63) is 23.5 Å². The summed E-state index contributed by atoms with van der Waals surface area (Å²) in [5.41, 5.74) is 6.78. The van der Waals surface area contributed by atoms with Gasteiger partial charge in [0.25, 0.3) is 5.91 Å². The lowest BCUT2D eigenvalue weighted by Crippen LogP contribution is -2.50. The van der Waals surface area contributed by atoms with Crippen LogP contribution in [0, 0.1) is 6.92 Å². The van der Waals surface area contributed by atoms with Gasteiger partial charge < -0.3 is 16.4 Å². The van der Waals surface area contributed by atoms with Crippen LogP contribution in [0.25, 0.3) is 0 Å². The molecule has 0 radical (unpaired) electrons. The summed E-state index contributed by atoms with van der Waals surface area (Å²) in [4.78, 5) is 28.0. The van der Waals surface area contributed by atoms with E-state index in [1.54, 1.807) is 19.9 Å². The maximum atomic E-state index is 12.0. The fraction of sp³-hybridized carbons (Fsp3) is 0.500. The van der Waals surface area contributed by atoms with Gasteiger partial charge in [-0.25, -0.2) is 0 Å². The quantitative estimate of drug-likeness (QED) is 0.768. The summed E-state index contributed by atoms with van der Waals surface area (Å²) >= 11 is 0. The molecule has 0 bridgehead atoms. The van der Waals surface area contributed by atoms with Crippen LogP contribution in [0.4, 0.5) is 5.69 Å². The SMILES string of the molecule is Cc1cc(N)c(C(=O)NC(C)C(=O)NC(C)(C)C)cn1. The number of anilines is 1. The van der Waals surface area contributed by atoms with Gasteiger partial charge in [0.15, 0.2) is 0 Å². The van der Waals surface area contributed by atoms with Gasteiger partial charge in [-0.15, -0.1) is 0 Å². The molecule has 1 atom stereocenters. The van der Waals surface area contributed by atoms with E-state index in [0.29, 0.717) is 5.69 Å². The zero-order chi connectivity index (χ0) is 15.5. The number of nitrogens with one attached hydrogen (secondary N) is 2. The number of pyridine rings is 1. The van der Waals surface area contributed by atoms with Gasteiger partial charge in [-0.05, 0) is 40.7 Å². The molecule has 6 heteroatoms. The monoisotopic (exact) mass is 278 g/mol. The smallest absolute Gasteiger partial charge is 0.255 e. The maximum Gasteiger partial charge on any atom is 0.255 e. The van der Waals surface area contributed by atoms with Gasteiger partial charge in [0, 0.05) is 23.1 Å². The summed E-state index contributed by atoms with van der Waals surface area (Å²) in [6.45, 7) is 9.04. The Bertz CT molecular complexity index is 520. The predicted molar refractivity (Wildman–Crippen MR) is 78.2 cm³/mol. The average Bonchev–Trinajstić information content (AvgIpc) is 2.26. The second-order valence-corrected chi connectivity index (χ2v) is 5.85. The molecule has 6 nitrogen and oxygen atoms in total. The third-order valence-electron chi connectivity index (χ3n) is 2.56. The van der Waals surface area contributed by atoms with Crippen molar-refractivity contribution in [2.24, 2.45) is 0 Å². The minimum absolute atomic E-state index is 0.246. The molecule has 20 heavy (non-hydrogen) atoms. The molecule has 0 saturated heterocycles. The number of nitrogen functional groups attached to an aromatic ring is 1. The molecule has 1 heterocycles. The number of amides is 2. The molecule has 2 amide bonds. The third kappa shape index (κ3) is 4.53. The summed E-state index contributed by atoms with van der Waals surface area (Å²) in [5.74, 6) is -0.656. The second-order valence-electron chi connectivity index (χ2n) is 5.85. The van der Waals surface area contributed by atoms with Crippen LogP contribution in [0.5, 0.6) is 0 Å². The minimum atomic E-state index is -0.651. The Kier molecular flexibility index (Phi) is 4.70. The molecule has 4 N–H and O–H groups in total. The normalized spacial score (nSPS) is 12.7. The van der Waals surface area contributed by atoms with Crippen LogP contribution in [0.3, 0.4) is 0 Å². The summed E-state index contributed by atoms with van der Waals surface area (Å²) < 4.78 is 0. The first kappa shape index (κ1) is 15.9. The molecule has 0 aliphatic rings. The lowest BCUT2D eigenvalue weighted by molar-refractivity contribution is -0.124. The minimum Gasteiger partial charge on any atom is -0.398 e. The van der Waals surface area contributed by atoms with Crippen LogP contribution in [-0.2, 0) is 4.79 Å². The summed E-state index contributed by atoms with van der Waals surface area (Å²) in [6.07, 6.45) is 1.41. The van der Waals surface area contributed by atoms with Gasteiger partial charge in [0.05, 0.1) is 5.56 Å². The number of nitrogens with two attached hydrogens (primary N) is 1. The predicted octanol–water partition coefficient (Wildman–Crippen LogP) is 1.01. The van der Waals surface area contributed by atoms with E-state index in [0.717, 1.165) is 5.69 Å². The van der Waals surface area contributed by atoms with Crippen LogP contribution in [0.15, 0.2) is 12.3 Å². The van der Waals surface area contributed by atoms with E-state index >= 15 is 0 Å². The molecule has 0 aliphatic heterocycles. The molecule has 110 valence electrons. The zero-order valence-corrected chi connectivity index (χ0v) is 12.6. The first-order chi connectivity index (χ1) is 9.10. The van der Waals surface area contributed by atoms with Crippen LogP contribution in [0.1, 0.15) is 43.7 Å². The van der Waals surface area contributed by atoms with E-state index in [1.165, 1.54) is 6.20 Å². The van der Waals surface area contributed by atoms with Crippen LogP contribution in [-0.4, -0.2) is 28.4 Å².